The fraction of sp³-hybridized carbons (Fsp3) is 0.500. The van der Waals surface area contributed by atoms with Crippen LogP contribution in [0.2, 0.25) is 5.02 Å². The van der Waals surface area contributed by atoms with Crippen molar-refractivity contribution in [2.45, 2.75) is 57.6 Å². The molecule has 4 rings (SSSR count). The second-order valence-electron chi connectivity index (χ2n) is 11.1. The number of nitrogens with one attached hydrogen (secondary N) is 3. The van der Waals surface area contributed by atoms with E-state index in [4.69, 9.17) is 30.8 Å². The molecule has 12 heteroatoms. The first-order valence-corrected chi connectivity index (χ1v) is 14.5. The van der Waals surface area contributed by atoms with Gasteiger partial charge in [-0.15, -0.1) is 0 Å². The van der Waals surface area contributed by atoms with Crippen molar-refractivity contribution in [1.29, 1.82) is 0 Å². The van der Waals surface area contributed by atoms with Crippen molar-refractivity contribution in [3.8, 4) is 0 Å². The Kier molecular flexibility index (Phi) is 10.9. The average molecular weight is 600 g/mol. The largest absolute Gasteiger partial charge is 0.444 e. The number of fused-ring (bicyclic) bond motifs is 3. The van der Waals surface area contributed by atoms with Gasteiger partial charge in [-0.05, 0) is 69.5 Å². The number of hydrogen-bond donors (Lipinski definition) is 3. The number of aromatic nitrogens is 1. The summed E-state index contributed by atoms with van der Waals surface area (Å²) in [6.45, 7) is 7.37. The summed E-state index contributed by atoms with van der Waals surface area (Å²) in [5.41, 5.74) is 3.03. The summed E-state index contributed by atoms with van der Waals surface area (Å²) < 4.78 is 16.0. The Bertz CT molecular complexity index is 1290. The molecule has 2 unspecified atom stereocenters. The molecule has 2 aromatic rings. The van der Waals surface area contributed by atoms with E-state index >= 15 is 0 Å². The molecule has 1 aliphatic carbocycles. The summed E-state index contributed by atoms with van der Waals surface area (Å²) in [6, 6.07) is 8.66. The number of nitrogens with zero attached hydrogens (tertiary/aromatic N) is 2. The maximum Gasteiger partial charge on any atom is 0.407 e. The van der Waals surface area contributed by atoms with Crippen LogP contribution in [0.15, 0.2) is 41.5 Å². The highest BCUT2D eigenvalue weighted by Crippen LogP contribution is 2.43. The number of amides is 3. The van der Waals surface area contributed by atoms with Gasteiger partial charge in [0.1, 0.15) is 11.3 Å². The minimum absolute atomic E-state index is 0.168. The van der Waals surface area contributed by atoms with Gasteiger partial charge in [0.25, 0.3) is 11.8 Å². The zero-order valence-electron chi connectivity index (χ0n) is 24.2. The van der Waals surface area contributed by atoms with E-state index in [2.05, 4.69) is 20.9 Å². The number of rotatable bonds is 12. The van der Waals surface area contributed by atoms with Gasteiger partial charge in [0.05, 0.1) is 43.7 Å². The van der Waals surface area contributed by atoms with Crippen LogP contribution in [0.25, 0.3) is 0 Å². The molecule has 2 heterocycles. The first-order chi connectivity index (χ1) is 20.1. The van der Waals surface area contributed by atoms with Crippen LogP contribution in [-0.2, 0) is 14.2 Å². The third-order valence-electron chi connectivity index (χ3n) is 6.70. The Balaban J connectivity index is 1.11. The normalized spacial score (nSPS) is 17.5. The fourth-order valence-electron chi connectivity index (χ4n) is 4.82. The fourth-order valence-corrected chi connectivity index (χ4v) is 5.00. The molecule has 1 aromatic carbocycles. The quantitative estimate of drug-likeness (QED) is 0.311. The summed E-state index contributed by atoms with van der Waals surface area (Å²) in [7, 11) is 0. The number of aliphatic imine (C=N–C) groups is 1. The van der Waals surface area contributed by atoms with E-state index in [-0.39, 0.29) is 29.5 Å². The monoisotopic (exact) mass is 599 g/mol. The van der Waals surface area contributed by atoms with Crippen molar-refractivity contribution in [2.75, 3.05) is 39.5 Å². The Morgan fingerprint density at radius 1 is 0.952 bits per heavy atom. The molecule has 2 atom stereocenters. The second-order valence-corrected chi connectivity index (χ2v) is 11.5. The minimum Gasteiger partial charge on any atom is -0.444 e. The van der Waals surface area contributed by atoms with E-state index in [1.807, 2.05) is 18.2 Å². The van der Waals surface area contributed by atoms with Crippen molar-refractivity contribution >= 4 is 40.9 Å². The Morgan fingerprint density at radius 3 is 2.38 bits per heavy atom. The first kappa shape index (κ1) is 31.4. The Morgan fingerprint density at radius 2 is 1.69 bits per heavy atom. The molecule has 11 nitrogen and oxygen atoms in total. The molecule has 42 heavy (non-hydrogen) atoms. The lowest BCUT2D eigenvalue weighted by molar-refractivity contribution is 0.0400. The lowest BCUT2D eigenvalue weighted by Crippen LogP contribution is -2.44. The van der Waals surface area contributed by atoms with Gasteiger partial charge in [-0.25, -0.2) is 4.79 Å². The van der Waals surface area contributed by atoms with Gasteiger partial charge in [0, 0.05) is 35.9 Å². The zero-order chi connectivity index (χ0) is 30.1. The molecule has 0 spiro atoms. The van der Waals surface area contributed by atoms with E-state index in [1.165, 1.54) is 6.20 Å². The molecule has 1 aliphatic heterocycles. The smallest absolute Gasteiger partial charge is 0.407 e. The van der Waals surface area contributed by atoms with Crippen LogP contribution in [0.1, 0.15) is 72.4 Å². The standard InChI is InChI=1S/C30H38ClN5O6/c1-30(2,3)42-29(39)33-12-14-41-16-15-40-13-11-32-27(37)19-7-9-25(34-18-19)28(38)36-24-6-4-5-21-22-17-20(31)8-10-23(22)35-26(21)24/h7-10,17-18,21,24H,4-6,11-16H2,1-3H3,(H,32,37)(H,33,39)(H,36,38). The zero-order valence-corrected chi connectivity index (χ0v) is 25.0. The third kappa shape index (κ3) is 8.98. The van der Waals surface area contributed by atoms with Crippen LogP contribution in [0.4, 0.5) is 10.5 Å². The number of halogens is 1. The highest BCUT2D eigenvalue weighted by molar-refractivity contribution is 6.30. The molecule has 1 aromatic heterocycles. The summed E-state index contributed by atoms with van der Waals surface area (Å²) >= 11 is 6.20. The van der Waals surface area contributed by atoms with Crippen molar-refractivity contribution in [1.82, 2.24) is 20.9 Å². The molecular weight excluding hydrogens is 562 g/mol. The first-order valence-electron chi connectivity index (χ1n) is 14.2. The highest BCUT2D eigenvalue weighted by atomic mass is 35.5. The van der Waals surface area contributed by atoms with Crippen LogP contribution in [0.5, 0.6) is 0 Å². The minimum atomic E-state index is -0.542. The van der Waals surface area contributed by atoms with E-state index in [0.29, 0.717) is 50.1 Å². The summed E-state index contributed by atoms with van der Waals surface area (Å²) in [5, 5.41) is 9.13. The molecule has 0 bridgehead atoms. The summed E-state index contributed by atoms with van der Waals surface area (Å²) in [5.74, 6) is -0.448. The topological polar surface area (TPSA) is 140 Å². The average Bonchev–Trinajstić information content (AvgIpc) is 3.32. The summed E-state index contributed by atoms with van der Waals surface area (Å²) in [4.78, 5) is 45.9. The van der Waals surface area contributed by atoms with Gasteiger partial charge in [0.15, 0.2) is 0 Å². The molecule has 3 amide bonds. The molecular formula is C30H38ClN5O6. The molecule has 0 radical (unpaired) electrons. The third-order valence-corrected chi connectivity index (χ3v) is 6.93. The van der Waals surface area contributed by atoms with Gasteiger partial charge in [-0.1, -0.05) is 18.0 Å². The molecule has 3 N–H and O–H groups in total. The Hall–Kier alpha value is -3.54. The maximum absolute atomic E-state index is 12.9. The molecule has 1 fully saturated rings. The van der Waals surface area contributed by atoms with Crippen LogP contribution >= 0.6 is 11.6 Å². The van der Waals surface area contributed by atoms with Crippen molar-refractivity contribution in [3.05, 3.63) is 58.4 Å². The van der Waals surface area contributed by atoms with Crippen molar-refractivity contribution in [3.63, 3.8) is 0 Å². The van der Waals surface area contributed by atoms with Crippen LogP contribution in [0, 0.1) is 0 Å². The molecule has 226 valence electrons. The molecule has 1 saturated carbocycles. The lowest BCUT2D eigenvalue weighted by atomic mass is 9.81. The highest BCUT2D eigenvalue weighted by Gasteiger charge is 2.36. The van der Waals surface area contributed by atoms with E-state index in [0.717, 1.165) is 36.2 Å². The van der Waals surface area contributed by atoms with Crippen LogP contribution in [-0.4, -0.2) is 79.8 Å². The molecule has 0 saturated heterocycles. The number of carbonyl (C=O) groups excluding carboxylic acids is 3. The van der Waals surface area contributed by atoms with Crippen LogP contribution in [0.3, 0.4) is 0 Å². The maximum atomic E-state index is 12.9. The number of carbonyl (C=O) groups is 3. The number of pyridine rings is 1. The van der Waals surface area contributed by atoms with Gasteiger partial charge < -0.3 is 30.2 Å². The predicted molar refractivity (Wildman–Crippen MR) is 159 cm³/mol. The van der Waals surface area contributed by atoms with Gasteiger partial charge in [0.2, 0.25) is 0 Å². The number of alkyl carbamates (subject to hydrolysis) is 1. The number of benzene rings is 1. The Labute approximate surface area is 250 Å². The predicted octanol–water partition coefficient (Wildman–Crippen LogP) is 4.17. The van der Waals surface area contributed by atoms with Crippen molar-refractivity contribution in [2.24, 2.45) is 4.99 Å². The van der Waals surface area contributed by atoms with E-state index in [1.54, 1.807) is 32.9 Å². The van der Waals surface area contributed by atoms with E-state index < -0.39 is 11.7 Å². The molecule has 2 aliphatic rings. The van der Waals surface area contributed by atoms with E-state index in [9.17, 15) is 14.4 Å². The number of hydrogen-bond acceptors (Lipinski definition) is 8. The van der Waals surface area contributed by atoms with Gasteiger partial charge in [-0.3, -0.25) is 19.6 Å². The lowest BCUT2D eigenvalue weighted by Gasteiger charge is -2.29. The van der Waals surface area contributed by atoms with Crippen LogP contribution < -0.4 is 16.0 Å². The summed E-state index contributed by atoms with van der Waals surface area (Å²) in [6.07, 6.45) is 3.66. The van der Waals surface area contributed by atoms with Gasteiger partial charge >= 0.3 is 6.09 Å². The number of ether oxygens (including phenoxy) is 3. The van der Waals surface area contributed by atoms with Crippen molar-refractivity contribution < 1.29 is 28.6 Å². The second kappa shape index (κ2) is 14.6. The van der Waals surface area contributed by atoms with Gasteiger partial charge in [-0.2, -0.15) is 0 Å². The SMILES string of the molecule is CC(C)(C)OC(=O)NCCOCCOCCNC(=O)c1ccc(C(=O)NC2CCCC3C2=Nc2ccc(Cl)cc23)nc1.